The number of hydrogen-bond acceptors (Lipinski definition) is 8. The van der Waals surface area contributed by atoms with Crippen LogP contribution >= 0.6 is 0 Å². The molecule has 38 heavy (non-hydrogen) atoms. The quantitative estimate of drug-likeness (QED) is 0.379. The fourth-order valence-corrected chi connectivity index (χ4v) is 4.45. The van der Waals surface area contributed by atoms with Gasteiger partial charge >= 0.3 is 12.1 Å². The molecule has 2 aromatic carbocycles. The van der Waals surface area contributed by atoms with Crippen molar-refractivity contribution in [3.63, 3.8) is 0 Å². The summed E-state index contributed by atoms with van der Waals surface area (Å²) in [6.45, 7) is 4.87. The summed E-state index contributed by atoms with van der Waals surface area (Å²) in [7, 11) is 0. The molecule has 11 heteroatoms. The van der Waals surface area contributed by atoms with E-state index in [4.69, 9.17) is 18.6 Å². The van der Waals surface area contributed by atoms with Gasteiger partial charge in [0.2, 0.25) is 11.2 Å². The number of phenolic OH excluding ortho intramolecular Hbond substituents is 1. The van der Waals surface area contributed by atoms with Crippen molar-refractivity contribution in [3.8, 4) is 23.0 Å². The van der Waals surface area contributed by atoms with E-state index >= 15 is 0 Å². The molecule has 0 bridgehead atoms. The number of phenols is 1. The van der Waals surface area contributed by atoms with Gasteiger partial charge in [0.1, 0.15) is 11.3 Å². The van der Waals surface area contributed by atoms with E-state index in [0.717, 1.165) is 0 Å². The van der Waals surface area contributed by atoms with Crippen LogP contribution in [0.1, 0.15) is 38.0 Å². The molecule has 3 aromatic rings. The Morgan fingerprint density at radius 2 is 1.76 bits per heavy atom. The highest BCUT2D eigenvalue weighted by molar-refractivity contribution is 5.83. The molecule has 2 heterocycles. The van der Waals surface area contributed by atoms with Crippen LogP contribution in [0.2, 0.25) is 0 Å². The molecule has 1 aliphatic heterocycles. The van der Waals surface area contributed by atoms with Gasteiger partial charge < -0.3 is 23.7 Å². The van der Waals surface area contributed by atoms with Gasteiger partial charge in [0.05, 0.1) is 30.1 Å². The van der Waals surface area contributed by atoms with Gasteiger partial charge in [-0.15, -0.1) is 0 Å². The number of fused-ring (bicyclic) bond motifs is 1. The molecule has 1 aromatic heterocycles. The summed E-state index contributed by atoms with van der Waals surface area (Å²) in [5.74, 6) is -3.40. The van der Waals surface area contributed by atoms with Gasteiger partial charge in [0, 0.05) is 6.54 Å². The molecule has 0 aliphatic carbocycles. The first-order valence-corrected chi connectivity index (χ1v) is 12.3. The molecular formula is C27H28F3NO7. The van der Waals surface area contributed by atoms with Gasteiger partial charge in [0.25, 0.3) is 5.76 Å². The molecule has 0 unspecified atom stereocenters. The maximum absolute atomic E-state index is 14.1. The van der Waals surface area contributed by atoms with E-state index in [0.29, 0.717) is 25.9 Å². The second-order valence-corrected chi connectivity index (χ2v) is 8.81. The van der Waals surface area contributed by atoms with E-state index in [1.807, 2.05) is 4.90 Å². The third kappa shape index (κ3) is 5.72. The minimum atomic E-state index is -5.07. The molecule has 0 atom stereocenters. The molecule has 1 saturated heterocycles. The van der Waals surface area contributed by atoms with Crippen LogP contribution in [0.4, 0.5) is 13.2 Å². The number of ether oxygens (including phenoxy) is 3. The van der Waals surface area contributed by atoms with Crippen LogP contribution in [0, 0.1) is 5.92 Å². The summed E-state index contributed by atoms with van der Waals surface area (Å²) >= 11 is 0. The highest BCUT2D eigenvalue weighted by atomic mass is 19.4. The normalized spacial score (nSPS) is 15.0. The van der Waals surface area contributed by atoms with Crippen molar-refractivity contribution in [2.45, 2.75) is 39.4 Å². The number of carbonyl (C=O) groups excluding carboxylic acids is 1. The van der Waals surface area contributed by atoms with Crippen molar-refractivity contribution < 1.29 is 41.7 Å². The lowest BCUT2D eigenvalue weighted by atomic mass is 9.96. The van der Waals surface area contributed by atoms with Crippen LogP contribution in [0.15, 0.2) is 45.6 Å². The maximum atomic E-state index is 14.1. The molecule has 1 aliphatic rings. The first-order valence-electron chi connectivity index (χ1n) is 12.3. The molecule has 0 amide bonds. The fourth-order valence-electron chi connectivity index (χ4n) is 4.45. The van der Waals surface area contributed by atoms with Crippen LogP contribution in [-0.4, -0.2) is 42.3 Å². The first-order chi connectivity index (χ1) is 18.1. The molecule has 1 fully saturated rings. The number of hydrogen-bond donors (Lipinski definition) is 1. The molecule has 1 N–H and O–H groups in total. The SMILES string of the molecule is CCOC(=O)C1CCN(Cc2c(O)ccc3c(=O)c(Oc4ccccc4OCC)c(C(F)(F)F)oc23)CC1. The lowest BCUT2D eigenvalue weighted by Gasteiger charge is -2.31. The Morgan fingerprint density at radius 1 is 1.08 bits per heavy atom. The van der Waals surface area contributed by atoms with Gasteiger partial charge in [-0.1, -0.05) is 12.1 Å². The third-order valence-electron chi connectivity index (χ3n) is 6.30. The van der Waals surface area contributed by atoms with Crippen molar-refractivity contribution in [2.24, 2.45) is 5.92 Å². The number of rotatable bonds is 8. The van der Waals surface area contributed by atoms with Crippen LogP contribution < -0.4 is 14.9 Å². The predicted octanol–water partition coefficient (Wildman–Crippen LogP) is 5.48. The van der Waals surface area contributed by atoms with E-state index in [9.17, 15) is 27.9 Å². The summed E-state index contributed by atoms with van der Waals surface area (Å²) in [5, 5.41) is 10.4. The Hall–Kier alpha value is -3.73. The van der Waals surface area contributed by atoms with E-state index < -0.39 is 23.1 Å². The standard InChI is InChI=1S/C27H28F3NO7/c1-3-35-20-7-5-6-8-21(20)37-24-22(33)17-9-10-19(32)18(23(17)38-25(24)27(28,29)30)15-31-13-11-16(12-14-31)26(34)36-4-2/h5-10,16,32H,3-4,11-15H2,1-2H3. The van der Waals surface area contributed by atoms with Crippen LogP contribution in [-0.2, 0) is 22.3 Å². The summed E-state index contributed by atoms with van der Waals surface area (Å²) < 4.78 is 63.6. The minimum absolute atomic E-state index is 0.0202. The number of esters is 1. The summed E-state index contributed by atoms with van der Waals surface area (Å²) in [6, 6.07) is 8.50. The Morgan fingerprint density at radius 3 is 2.39 bits per heavy atom. The Kier molecular flexibility index (Phi) is 8.15. The van der Waals surface area contributed by atoms with Gasteiger partial charge in [-0.2, -0.15) is 13.2 Å². The predicted molar refractivity (Wildman–Crippen MR) is 131 cm³/mol. The zero-order valence-corrected chi connectivity index (χ0v) is 21.0. The smallest absolute Gasteiger partial charge is 0.453 e. The van der Waals surface area contributed by atoms with Gasteiger partial charge in [0.15, 0.2) is 11.5 Å². The van der Waals surface area contributed by atoms with Gasteiger partial charge in [-0.25, -0.2) is 0 Å². The van der Waals surface area contributed by atoms with E-state index in [1.54, 1.807) is 19.9 Å². The first kappa shape index (κ1) is 27.3. The van der Waals surface area contributed by atoms with E-state index in [1.165, 1.54) is 30.3 Å². The molecule has 0 spiro atoms. The van der Waals surface area contributed by atoms with Crippen molar-refractivity contribution in [1.29, 1.82) is 0 Å². The second-order valence-electron chi connectivity index (χ2n) is 8.81. The van der Waals surface area contributed by atoms with Gasteiger partial charge in [-0.05, 0) is 64.0 Å². The largest absolute Gasteiger partial charge is 0.507 e. The number of para-hydroxylation sites is 2. The van der Waals surface area contributed by atoms with Crippen molar-refractivity contribution in [3.05, 3.63) is 57.9 Å². The molecular weight excluding hydrogens is 507 g/mol. The van der Waals surface area contributed by atoms with E-state index in [-0.39, 0.29) is 65.4 Å². The number of benzene rings is 2. The Labute approximate surface area is 216 Å². The Balaban J connectivity index is 1.72. The monoisotopic (exact) mass is 535 g/mol. The molecule has 8 nitrogen and oxygen atoms in total. The number of likely N-dealkylation sites (tertiary alicyclic amines) is 1. The molecule has 0 radical (unpaired) electrons. The number of piperidine rings is 1. The van der Waals surface area contributed by atoms with Crippen LogP contribution in [0.5, 0.6) is 23.0 Å². The van der Waals surface area contributed by atoms with Gasteiger partial charge in [-0.3, -0.25) is 14.5 Å². The third-order valence-corrected chi connectivity index (χ3v) is 6.30. The minimum Gasteiger partial charge on any atom is -0.507 e. The highest BCUT2D eigenvalue weighted by Crippen LogP contribution is 2.41. The van der Waals surface area contributed by atoms with E-state index in [2.05, 4.69) is 0 Å². The van der Waals surface area contributed by atoms with Crippen LogP contribution in [0.25, 0.3) is 11.0 Å². The number of alkyl halides is 3. The summed E-state index contributed by atoms with van der Waals surface area (Å²) in [6.07, 6.45) is -4.07. The summed E-state index contributed by atoms with van der Waals surface area (Å²) in [4.78, 5) is 27.2. The maximum Gasteiger partial charge on any atom is 0.453 e. The van der Waals surface area contributed by atoms with Crippen molar-refractivity contribution >= 4 is 16.9 Å². The number of aromatic hydroxyl groups is 1. The van der Waals surface area contributed by atoms with Crippen molar-refractivity contribution in [1.82, 2.24) is 4.90 Å². The average molecular weight is 536 g/mol. The molecule has 0 saturated carbocycles. The van der Waals surface area contributed by atoms with Crippen molar-refractivity contribution in [2.75, 3.05) is 26.3 Å². The Bertz CT molecular complexity index is 1360. The second kappa shape index (κ2) is 11.3. The lowest BCUT2D eigenvalue weighted by molar-refractivity contribution is -0.154. The average Bonchev–Trinajstić information content (AvgIpc) is 2.88. The fraction of sp³-hybridized carbons (Fsp3) is 0.407. The van der Waals surface area contributed by atoms with Crippen LogP contribution in [0.3, 0.4) is 0 Å². The molecule has 4 rings (SSSR count). The zero-order valence-electron chi connectivity index (χ0n) is 21.0. The topological polar surface area (TPSA) is 98.4 Å². The number of nitrogens with zero attached hydrogens (tertiary/aromatic N) is 1. The highest BCUT2D eigenvalue weighted by Gasteiger charge is 2.41. The number of halogens is 3. The molecule has 204 valence electrons. The number of carbonyl (C=O) groups is 1. The lowest BCUT2D eigenvalue weighted by Crippen LogP contribution is -2.36. The zero-order chi connectivity index (χ0) is 27.4. The summed E-state index contributed by atoms with van der Waals surface area (Å²) in [5.41, 5.74) is -1.37.